The summed E-state index contributed by atoms with van der Waals surface area (Å²) in [5, 5.41) is 2.43. The highest BCUT2D eigenvalue weighted by Gasteiger charge is 2.22. The molecule has 1 aliphatic heterocycles. The number of nitrogens with one attached hydrogen (secondary N) is 1. The van der Waals surface area contributed by atoms with Gasteiger partial charge in [-0.05, 0) is 42.3 Å². The molecule has 0 atom stereocenters. The maximum absolute atomic E-state index is 13.3. The number of carbonyl (C=O) groups is 2. The molecule has 7 heteroatoms. The van der Waals surface area contributed by atoms with Gasteiger partial charge in [-0.2, -0.15) is 0 Å². The van der Waals surface area contributed by atoms with Crippen molar-refractivity contribution in [3.63, 3.8) is 0 Å². The predicted octanol–water partition coefficient (Wildman–Crippen LogP) is 3.78. The fraction of sp³-hybridized carbons (Fsp3) is 0.176. The quantitative estimate of drug-likeness (QED) is 0.838. The average molecular weight is 351 g/mol. The molecule has 3 rings (SSSR count). The molecule has 2 aromatic carbocycles. The van der Waals surface area contributed by atoms with Crippen LogP contribution in [0, 0.1) is 11.6 Å². The first-order valence-corrected chi connectivity index (χ1v) is 7.61. The average Bonchev–Trinajstić information content (AvgIpc) is 2.94. The molecule has 0 fully saturated rings. The minimum absolute atomic E-state index is 0.0425. The third-order valence-corrected chi connectivity index (χ3v) is 4.18. The van der Waals surface area contributed by atoms with Crippen LogP contribution in [0.15, 0.2) is 30.3 Å². The van der Waals surface area contributed by atoms with Crippen molar-refractivity contribution in [2.45, 2.75) is 13.3 Å². The summed E-state index contributed by atoms with van der Waals surface area (Å²) in [6.07, 6.45) is 0.685. The number of carbonyl (C=O) groups excluding carboxylic acids is 2. The zero-order chi connectivity index (χ0) is 17.4. The molecule has 0 unspecified atom stereocenters. The smallest absolute Gasteiger partial charge is 0.257 e. The van der Waals surface area contributed by atoms with E-state index in [1.807, 2.05) is 0 Å². The van der Waals surface area contributed by atoms with E-state index in [-0.39, 0.29) is 16.5 Å². The fourth-order valence-electron chi connectivity index (χ4n) is 2.70. The van der Waals surface area contributed by atoms with Gasteiger partial charge >= 0.3 is 0 Å². The first kappa shape index (κ1) is 16.4. The van der Waals surface area contributed by atoms with Gasteiger partial charge < -0.3 is 10.2 Å². The Morgan fingerprint density at radius 1 is 1.17 bits per heavy atom. The van der Waals surface area contributed by atoms with Crippen LogP contribution in [0.5, 0.6) is 0 Å². The maximum atomic E-state index is 13.3. The summed E-state index contributed by atoms with van der Waals surface area (Å²) in [7, 11) is 0. The summed E-state index contributed by atoms with van der Waals surface area (Å²) >= 11 is 5.80. The Morgan fingerprint density at radius 2 is 1.88 bits per heavy atom. The third kappa shape index (κ3) is 2.97. The molecule has 124 valence electrons. The molecule has 1 N–H and O–H groups in total. The molecule has 0 aromatic heterocycles. The van der Waals surface area contributed by atoms with Gasteiger partial charge in [-0.25, -0.2) is 8.78 Å². The van der Waals surface area contributed by atoms with Gasteiger partial charge in [0.05, 0.1) is 10.6 Å². The van der Waals surface area contributed by atoms with E-state index in [1.165, 1.54) is 6.92 Å². The fourth-order valence-corrected chi connectivity index (χ4v) is 2.94. The summed E-state index contributed by atoms with van der Waals surface area (Å²) in [5.74, 6) is -2.94. The maximum Gasteiger partial charge on any atom is 0.257 e. The number of hydrogen-bond donors (Lipinski definition) is 1. The molecule has 0 saturated heterocycles. The first-order valence-electron chi connectivity index (χ1n) is 7.23. The highest BCUT2D eigenvalue weighted by molar-refractivity contribution is 6.34. The van der Waals surface area contributed by atoms with E-state index in [0.717, 1.165) is 23.4 Å². The van der Waals surface area contributed by atoms with Crippen molar-refractivity contribution in [2.75, 3.05) is 16.8 Å². The molecular weight excluding hydrogens is 338 g/mol. The van der Waals surface area contributed by atoms with Crippen molar-refractivity contribution >= 4 is 34.8 Å². The number of amides is 2. The van der Waals surface area contributed by atoms with Gasteiger partial charge in [-0.3, -0.25) is 9.59 Å². The Balaban J connectivity index is 1.84. The molecule has 1 aliphatic rings. The Morgan fingerprint density at radius 3 is 2.58 bits per heavy atom. The van der Waals surface area contributed by atoms with Crippen molar-refractivity contribution in [2.24, 2.45) is 0 Å². The van der Waals surface area contributed by atoms with E-state index in [0.29, 0.717) is 18.7 Å². The van der Waals surface area contributed by atoms with E-state index in [9.17, 15) is 18.4 Å². The minimum Gasteiger partial charge on any atom is -0.322 e. The van der Waals surface area contributed by atoms with Crippen molar-refractivity contribution < 1.29 is 18.4 Å². The van der Waals surface area contributed by atoms with Gasteiger partial charge in [0.2, 0.25) is 5.91 Å². The van der Waals surface area contributed by atoms with E-state index >= 15 is 0 Å². The molecule has 0 spiro atoms. The number of fused-ring (bicyclic) bond motifs is 1. The molecule has 24 heavy (non-hydrogen) atoms. The van der Waals surface area contributed by atoms with Gasteiger partial charge in [0.25, 0.3) is 5.91 Å². The number of rotatable bonds is 2. The lowest BCUT2D eigenvalue weighted by atomic mass is 10.1. The minimum atomic E-state index is -1.14. The zero-order valence-electron chi connectivity index (χ0n) is 12.7. The monoisotopic (exact) mass is 350 g/mol. The molecular formula is C17H13ClF2N2O2. The molecule has 2 amide bonds. The Bertz CT molecular complexity index is 855. The number of nitrogens with zero attached hydrogens (tertiary/aromatic N) is 1. The van der Waals surface area contributed by atoms with Crippen LogP contribution in [-0.2, 0) is 11.2 Å². The van der Waals surface area contributed by atoms with Crippen LogP contribution in [0.4, 0.5) is 20.2 Å². The molecule has 0 aliphatic carbocycles. The molecule has 0 radical (unpaired) electrons. The lowest BCUT2D eigenvalue weighted by molar-refractivity contribution is -0.116. The van der Waals surface area contributed by atoms with E-state index in [1.54, 1.807) is 23.1 Å². The Labute approximate surface area is 142 Å². The van der Waals surface area contributed by atoms with Gasteiger partial charge in [0.1, 0.15) is 0 Å². The summed E-state index contributed by atoms with van der Waals surface area (Å²) in [6, 6.07) is 6.67. The van der Waals surface area contributed by atoms with E-state index in [2.05, 4.69) is 5.32 Å². The van der Waals surface area contributed by atoms with Gasteiger partial charge in [0.15, 0.2) is 11.6 Å². The topological polar surface area (TPSA) is 49.4 Å². The molecule has 1 heterocycles. The molecule has 2 aromatic rings. The van der Waals surface area contributed by atoms with Crippen LogP contribution in [0.25, 0.3) is 0 Å². The summed E-state index contributed by atoms with van der Waals surface area (Å²) < 4.78 is 26.4. The highest BCUT2D eigenvalue weighted by Crippen LogP contribution is 2.31. The number of benzene rings is 2. The SMILES string of the molecule is CC(=O)N1CCc2cc(NC(=O)c3cc(F)c(F)cc3Cl)ccc21. The predicted molar refractivity (Wildman–Crippen MR) is 87.5 cm³/mol. The summed E-state index contributed by atoms with van der Waals surface area (Å²) in [5.41, 5.74) is 2.08. The van der Waals surface area contributed by atoms with Gasteiger partial charge in [0, 0.05) is 24.8 Å². The summed E-state index contributed by atoms with van der Waals surface area (Å²) in [6.45, 7) is 2.09. The molecule has 0 bridgehead atoms. The molecule has 0 saturated carbocycles. The van der Waals surface area contributed by atoms with Crippen LogP contribution in [-0.4, -0.2) is 18.4 Å². The number of halogens is 3. The normalized spacial score (nSPS) is 12.9. The van der Waals surface area contributed by atoms with E-state index < -0.39 is 17.5 Å². The zero-order valence-corrected chi connectivity index (χ0v) is 13.5. The van der Waals surface area contributed by atoms with Gasteiger partial charge in [-0.1, -0.05) is 11.6 Å². The Kier molecular flexibility index (Phi) is 4.24. The largest absolute Gasteiger partial charge is 0.322 e. The third-order valence-electron chi connectivity index (χ3n) is 3.87. The molecule has 4 nitrogen and oxygen atoms in total. The van der Waals surface area contributed by atoms with Crippen molar-refractivity contribution in [3.8, 4) is 0 Å². The Hall–Kier alpha value is -2.47. The van der Waals surface area contributed by atoms with Crippen LogP contribution < -0.4 is 10.2 Å². The highest BCUT2D eigenvalue weighted by atomic mass is 35.5. The number of hydrogen-bond acceptors (Lipinski definition) is 2. The standard InChI is InChI=1S/C17H13ClF2N2O2/c1-9(23)22-5-4-10-6-11(2-3-16(10)22)21-17(24)12-7-14(19)15(20)8-13(12)18/h2-3,6-8H,4-5H2,1H3,(H,21,24). The second-order valence-corrected chi connectivity index (χ2v) is 5.87. The van der Waals surface area contributed by atoms with Crippen LogP contribution in [0.3, 0.4) is 0 Å². The van der Waals surface area contributed by atoms with Crippen molar-refractivity contribution in [1.82, 2.24) is 0 Å². The second-order valence-electron chi connectivity index (χ2n) is 5.46. The summed E-state index contributed by atoms with van der Waals surface area (Å²) in [4.78, 5) is 25.4. The lowest BCUT2D eigenvalue weighted by Crippen LogP contribution is -2.25. The number of anilines is 2. The lowest BCUT2D eigenvalue weighted by Gasteiger charge is -2.15. The van der Waals surface area contributed by atoms with E-state index in [4.69, 9.17) is 11.6 Å². The van der Waals surface area contributed by atoms with Crippen LogP contribution in [0.2, 0.25) is 5.02 Å². The van der Waals surface area contributed by atoms with Gasteiger partial charge in [-0.15, -0.1) is 0 Å². The van der Waals surface area contributed by atoms with Crippen LogP contribution in [0.1, 0.15) is 22.8 Å². The van der Waals surface area contributed by atoms with Crippen LogP contribution >= 0.6 is 11.6 Å². The second kappa shape index (κ2) is 6.20. The van der Waals surface area contributed by atoms with Crippen molar-refractivity contribution in [3.05, 3.63) is 58.1 Å². The first-order chi connectivity index (χ1) is 11.4. The van der Waals surface area contributed by atoms with Crippen molar-refractivity contribution in [1.29, 1.82) is 0 Å².